The van der Waals surface area contributed by atoms with Gasteiger partial charge < -0.3 is 19.8 Å². The molecule has 0 N–H and O–H groups in total. The van der Waals surface area contributed by atoms with Crippen molar-refractivity contribution in [3.8, 4) is 0 Å². The molecule has 0 aliphatic rings. The van der Waals surface area contributed by atoms with Gasteiger partial charge in [0.05, 0.1) is 11.9 Å². The summed E-state index contributed by atoms with van der Waals surface area (Å²) in [5.41, 5.74) is -0.0824. The van der Waals surface area contributed by atoms with Crippen LogP contribution in [0.4, 0.5) is 0 Å². The first-order valence-corrected chi connectivity index (χ1v) is 13.7. The van der Waals surface area contributed by atoms with Crippen molar-refractivity contribution in [3.05, 3.63) is 11.1 Å². The van der Waals surface area contributed by atoms with E-state index in [1.54, 1.807) is 0 Å². The molecular formula is C28H50Na2O4. The van der Waals surface area contributed by atoms with Crippen LogP contribution in [0.1, 0.15) is 155 Å². The maximum Gasteiger partial charge on any atom is 1.00 e. The van der Waals surface area contributed by atoms with Gasteiger partial charge in [0.25, 0.3) is 0 Å². The van der Waals surface area contributed by atoms with Gasteiger partial charge in [0, 0.05) is 0 Å². The van der Waals surface area contributed by atoms with Gasteiger partial charge >= 0.3 is 59.1 Å². The van der Waals surface area contributed by atoms with Crippen LogP contribution in [0.2, 0.25) is 0 Å². The third-order valence-corrected chi connectivity index (χ3v) is 6.42. The van der Waals surface area contributed by atoms with E-state index in [1.165, 1.54) is 89.9 Å². The number of carbonyl (C=O) groups is 2. The molecule has 0 unspecified atom stereocenters. The molecule has 0 saturated carbocycles. The maximum atomic E-state index is 11.6. The first-order chi connectivity index (χ1) is 15.5. The van der Waals surface area contributed by atoms with Crippen LogP contribution in [0, 0.1) is 0 Å². The summed E-state index contributed by atoms with van der Waals surface area (Å²) in [7, 11) is 0. The standard InChI is InChI=1S/C28H52O4.2Na/c1-3-5-7-9-11-13-15-17-19-21-23-25(27(29)30)26(28(31)32)24-22-20-18-16-14-12-10-8-6-4-2;;/h3-24H2,1-2H3,(H,29,30)(H,31,32);;/q;2*+1/p-2/b26-25-;;. The number of carbonyl (C=O) groups excluding carboxylic acids is 2. The van der Waals surface area contributed by atoms with Gasteiger partial charge in [-0.1, -0.05) is 129 Å². The van der Waals surface area contributed by atoms with Crippen molar-refractivity contribution >= 4 is 11.9 Å². The van der Waals surface area contributed by atoms with Crippen molar-refractivity contribution in [2.24, 2.45) is 0 Å². The number of hydrogen-bond donors (Lipinski definition) is 0. The Labute approximate surface area is 255 Å². The summed E-state index contributed by atoms with van der Waals surface area (Å²) in [4.78, 5) is 23.1. The van der Waals surface area contributed by atoms with Gasteiger partial charge in [-0.05, 0) is 36.8 Å². The first kappa shape index (κ1) is 39.2. The first-order valence-electron chi connectivity index (χ1n) is 13.7. The Bertz CT molecular complexity index is 463. The molecule has 34 heavy (non-hydrogen) atoms. The molecule has 0 atom stereocenters. The molecule has 0 fully saturated rings. The zero-order valence-electron chi connectivity index (χ0n) is 23.2. The molecule has 188 valence electrons. The SMILES string of the molecule is CCCCCCCCCCCC/C(C(=O)[O-])=C(\CCCCCCCCCCCC)C(=O)[O-].[Na+].[Na+]. The maximum absolute atomic E-state index is 11.6. The monoisotopic (exact) mass is 496 g/mol. The van der Waals surface area contributed by atoms with Crippen LogP contribution in [0.3, 0.4) is 0 Å². The Kier molecular flexibility index (Phi) is 34.5. The number of hydrogen-bond acceptors (Lipinski definition) is 4. The minimum absolute atomic E-state index is 0. The van der Waals surface area contributed by atoms with Crippen LogP contribution in [0.5, 0.6) is 0 Å². The largest absolute Gasteiger partial charge is 1.00 e. The average Bonchev–Trinajstić information content (AvgIpc) is 2.76. The van der Waals surface area contributed by atoms with Crippen LogP contribution in [-0.2, 0) is 9.59 Å². The zero-order chi connectivity index (χ0) is 23.9. The van der Waals surface area contributed by atoms with Crippen molar-refractivity contribution < 1.29 is 78.9 Å². The molecule has 0 heterocycles. The fraction of sp³-hybridized carbons (Fsp3) is 0.857. The Morgan fingerprint density at radius 1 is 0.412 bits per heavy atom. The second kappa shape index (κ2) is 29.9. The molecule has 0 spiro atoms. The van der Waals surface area contributed by atoms with Crippen molar-refractivity contribution in [2.45, 2.75) is 155 Å². The zero-order valence-corrected chi connectivity index (χ0v) is 27.2. The second-order valence-corrected chi connectivity index (χ2v) is 9.40. The molecule has 0 aromatic rings. The molecule has 0 bridgehead atoms. The van der Waals surface area contributed by atoms with Crippen molar-refractivity contribution in [2.75, 3.05) is 0 Å². The Hall–Kier alpha value is 0.680. The molecule has 6 heteroatoms. The minimum Gasteiger partial charge on any atom is -0.545 e. The van der Waals surface area contributed by atoms with E-state index >= 15 is 0 Å². The molecule has 4 nitrogen and oxygen atoms in total. The van der Waals surface area contributed by atoms with E-state index in [0.29, 0.717) is 12.8 Å². The van der Waals surface area contributed by atoms with Crippen molar-refractivity contribution in [1.82, 2.24) is 0 Å². The molecule has 0 aromatic carbocycles. The predicted octanol–water partition coefficient (Wildman–Crippen LogP) is 0.413. The number of unbranched alkanes of at least 4 members (excludes halogenated alkanes) is 18. The summed E-state index contributed by atoms with van der Waals surface area (Å²) in [5.74, 6) is -2.68. The van der Waals surface area contributed by atoms with Crippen LogP contribution < -0.4 is 69.3 Å². The predicted molar refractivity (Wildman–Crippen MR) is 130 cm³/mol. The molecule has 0 rings (SSSR count). The van der Waals surface area contributed by atoms with Gasteiger partial charge in [0.2, 0.25) is 0 Å². The molecule has 0 aliphatic carbocycles. The van der Waals surface area contributed by atoms with Crippen LogP contribution in [0.25, 0.3) is 0 Å². The van der Waals surface area contributed by atoms with Crippen molar-refractivity contribution in [3.63, 3.8) is 0 Å². The van der Waals surface area contributed by atoms with E-state index in [1.807, 2.05) is 0 Å². The van der Waals surface area contributed by atoms with E-state index in [4.69, 9.17) is 0 Å². The number of carboxylic acid groups (broad SMARTS) is 2. The summed E-state index contributed by atoms with van der Waals surface area (Å²) >= 11 is 0. The number of carboxylic acids is 2. The third-order valence-electron chi connectivity index (χ3n) is 6.42. The normalized spacial score (nSPS) is 11.4. The smallest absolute Gasteiger partial charge is 0.545 e. The summed E-state index contributed by atoms with van der Waals surface area (Å²) in [6.45, 7) is 4.44. The molecule has 0 aliphatic heterocycles. The van der Waals surface area contributed by atoms with Gasteiger partial charge in [-0.25, -0.2) is 0 Å². The van der Waals surface area contributed by atoms with E-state index in [2.05, 4.69) is 13.8 Å². The summed E-state index contributed by atoms with van der Waals surface area (Å²) < 4.78 is 0. The number of rotatable bonds is 24. The van der Waals surface area contributed by atoms with Crippen LogP contribution >= 0.6 is 0 Å². The Morgan fingerprint density at radius 2 is 0.618 bits per heavy atom. The number of aliphatic carboxylic acids is 2. The van der Waals surface area contributed by atoms with E-state index in [0.717, 1.165) is 25.7 Å². The average molecular weight is 497 g/mol. The second-order valence-electron chi connectivity index (χ2n) is 9.40. The van der Waals surface area contributed by atoms with Crippen molar-refractivity contribution in [1.29, 1.82) is 0 Å². The fourth-order valence-corrected chi connectivity index (χ4v) is 4.33. The molecule has 0 aromatic heterocycles. The van der Waals surface area contributed by atoms with E-state index in [9.17, 15) is 19.8 Å². The quantitative estimate of drug-likeness (QED) is 0.110. The minimum atomic E-state index is -1.34. The third kappa shape index (κ3) is 24.4. The molecule has 0 radical (unpaired) electrons. The van der Waals surface area contributed by atoms with Crippen LogP contribution in [0.15, 0.2) is 11.1 Å². The summed E-state index contributed by atoms with van der Waals surface area (Å²) in [6.07, 6.45) is 23.8. The van der Waals surface area contributed by atoms with Crippen LogP contribution in [-0.4, -0.2) is 11.9 Å². The Balaban J connectivity index is -0.00000480. The fourth-order valence-electron chi connectivity index (χ4n) is 4.33. The molecule has 0 saturated heterocycles. The van der Waals surface area contributed by atoms with Gasteiger partial charge in [-0.2, -0.15) is 0 Å². The Morgan fingerprint density at radius 3 is 0.824 bits per heavy atom. The van der Waals surface area contributed by atoms with Gasteiger partial charge in [0.1, 0.15) is 0 Å². The van der Waals surface area contributed by atoms with E-state index in [-0.39, 0.29) is 83.1 Å². The molecule has 0 amide bonds. The summed E-state index contributed by atoms with van der Waals surface area (Å²) in [5, 5.41) is 23.1. The topological polar surface area (TPSA) is 80.3 Å². The van der Waals surface area contributed by atoms with Gasteiger partial charge in [-0.15, -0.1) is 0 Å². The van der Waals surface area contributed by atoms with Gasteiger partial charge in [-0.3, -0.25) is 0 Å². The summed E-state index contributed by atoms with van der Waals surface area (Å²) in [6, 6.07) is 0. The van der Waals surface area contributed by atoms with E-state index < -0.39 is 11.9 Å². The molecular weight excluding hydrogens is 446 g/mol. The van der Waals surface area contributed by atoms with Gasteiger partial charge in [0.15, 0.2) is 0 Å².